The Morgan fingerprint density at radius 1 is 1.25 bits per heavy atom. The average molecular weight is 224 g/mol. The molecular formula is C13H24N2O. The van der Waals surface area contributed by atoms with Crippen molar-refractivity contribution in [1.29, 1.82) is 0 Å². The summed E-state index contributed by atoms with van der Waals surface area (Å²) in [5, 5.41) is 7.36. The lowest BCUT2D eigenvalue weighted by molar-refractivity contribution is 0.117. The molecule has 2 saturated carbocycles. The highest BCUT2D eigenvalue weighted by molar-refractivity contribution is 4.97. The summed E-state index contributed by atoms with van der Waals surface area (Å²) >= 11 is 0. The Bertz CT molecular complexity index is 226. The second-order valence-corrected chi connectivity index (χ2v) is 5.81. The first-order valence-corrected chi connectivity index (χ1v) is 6.86. The van der Waals surface area contributed by atoms with Crippen LogP contribution >= 0.6 is 0 Å². The van der Waals surface area contributed by atoms with Crippen molar-refractivity contribution in [2.45, 2.75) is 50.3 Å². The highest BCUT2D eigenvalue weighted by atomic mass is 16.5. The Hall–Kier alpha value is -0.120. The predicted octanol–water partition coefficient (Wildman–Crippen LogP) is 1.14. The maximum absolute atomic E-state index is 5.38. The van der Waals surface area contributed by atoms with E-state index >= 15 is 0 Å². The van der Waals surface area contributed by atoms with Gasteiger partial charge in [-0.3, -0.25) is 0 Å². The van der Waals surface area contributed by atoms with Gasteiger partial charge in [0.15, 0.2) is 0 Å². The second kappa shape index (κ2) is 4.63. The number of ether oxygens (including phenoxy) is 1. The van der Waals surface area contributed by atoms with Crippen LogP contribution in [0.3, 0.4) is 0 Å². The summed E-state index contributed by atoms with van der Waals surface area (Å²) in [4.78, 5) is 0. The molecule has 3 nitrogen and oxygen atoms in total. The minimum Gasteiger partial charge on any atom is -0.380 e. The van der Waals surface area contributed by atoms with E-state index in [0.29, 0.717) is 12.1 Å². The first-order chi connectivity index (χ1) is 7.86. The molecule has 3 aliphatic rings. The van der Waals surface area contributed by atoms with Crippen molar-refractivity contribution in [2.24, 2.45) is 11.8 Å². The molecule has 16 heavy (non-hydrogen) atoms. The van der Waals surface area contributed by atoms with E-state index < -0.39 is 0 Å². The number of hydrogen-bond acceptors (Lipinski definition) is 3. The van der Waals surface area contributed by atoms with Crippen LogP contribution in [0.5, 0.6) is 0 Å². The molecule has 2 unspecified atom stereocenters. The van der Waals surface area contributed by atoms with Crippen LogP contribution in [0.1, 0.15) is 32.1 Å². The number of rotatable bonds is 6. The number of methoxy groups -OCH3 is 1. The molecule has 0 spiro atoms. The van der Waals surface area contributed by atoms with Gasteiger partial charge in [-0.1, -0.05) is 0 Å². The molecule has 3 fully saturated rings. The summed E-state index contributed by atoms with van der Waals surface area (Å²) < 4.78 is 5.38. The molecule has 2 aliphatic carbocycles. The summed E-state index contributed by atoms with van der Waals surface area (Å²) in [5.74, 6) is 2.01. The van der Waals surface area contributed by atoms with Gasteiger partial charge in [-0.05, 0) is 43.9 Å². The second-order valence-electron chi connectivity index (χ2n) is 5.81. The van der Waals surface area contributed by atoms with Gasteiger partial charge in [0.2, 0.25) is 0 Å². The Kier molecular flexibility index (Phi) is 3.18. The van der Waals surface area contributed by atoms with Crippen LogP contribution in [-0.2, 0) is 4.74 Å². The molecule has 0 bridgehead atoms. The Morgan fingerprint density at radius 2 is 1.94 bits per heavy atom. The molecule has 0 aromatic rings. The number of nitrogens with one attached hydrogen (secondary N) is 2. The minimum absolute atomic E-state index is 0.437. The van der Waals surface area contributed by atoms with E-state index in [9.17, 15) is 0 Å². The average Bonchev–Trinajstić information content (AvgIpc) is 3.20. The zero-order valence-electron chi connectivity index (χ0n) is 10.2. The molecule has 3 rings (SSSR count). The number of hydrogen-bond donors (Lipinski definition) is 2. The normalized spacial score (nSPS) is 34.9. The quantitative estimate of drug-likeness (QED) is 0.710. The van der Waals surface area contributed by atoms with Crippen LogP contribution in [0.15, 0.2) is 0 Å². The maximum Gasteiger partial charge on any atom is 0.0711 e. The minimum atomic E-state index is 0.437. The zero-order valence-corrected chi connectivity index (χ0v) is 10.2. The standard InChI is InChI=1S/C13H24N2O/c1-16-12-6-11(14-8-12)7-15-13(9-2-3-9)10-4-5-10/h9-15H,2-8H2,1H3. The molecule has 1 saturated heterocycles. The van der Waals surface area contributed by atoms with Gasteiger partial charge in [-0.25, -0.2) is 0 Å². The highest BCUT2D eigenvalue weighted by Gasteiger charge is 2.41. The Labute approximate surface area is 98.3 Å². The molecular weight excluding hydrogens is 200 g/mol. The first-order valence-electron chi connectivity index (χ1n) is 6.86. The van der Waals surface area contributed by atoms with E-state index in [1.807, 2.05) is 7.11 Å². The van der Waals surface area contributed by atoms with E-state index in [1.54, 1.807) is 0 Å². The van der Waals surface area contributed by atoms with Crippen LogP contribution in [-0.4, -0.2) is 38.4 Å². The topological polar surface area (TPSA) is 33.3 Å². The predicted molar refractivity (Wildman–Crippen MR) is 64.4 cm³/mol. The smallest absolute Gasteiger partial charge is 0.0711 e. The molecule has 3 heteroatoms. The van der Waals surface area contributed by atoms with E-state index in [2.05, 4.69) is 10.6 Å². The van der Waals surface area contributed by atoms with Crippen LogP contribution < -0.4 is 10.6 Å². The Balaban J connectivity index is 1.41. The van der Waals surface area contributed by atoms with Gasteiger partial charge in [0.25, 0.3) is 0 Å². The third-order valence-electron chi connectivity index (χ3n) is 4.37. The summed E-state index contributed by atoms with van der Waals surface area (Å²) in [5.41, 5.74) is 0. The summed E-state index contributed by atoms with van der Waals surface area (Å²) in [6.45, 7) is 2.16. The summed E-state index contributed by atoms with van der Waals surface area (Å²) in [6.07, 6.45) is 7.47. The van der Waals surface area contributed by atoms with Crippen molar-refractivity contribution in [3.63, 3.8) is 0 Å². The monoisotopic (exact) mass is 224 g/mol. The van der Waals surface area contributed by atoms with E-state index in [0.717, 1.165) is 31.0 Å². The van der Waals surface area contributed by atoms with Crippen LogP contribution in [0, 0.1) is 11.8 Å². The van der Waals surface area contributed by atoms with Gasteiger partial charge < -0.3 is 15.4 Å². The van der Waals surface area contributed by atoms with E-state index in [4.69, 9.17) is 4.74 Å². The molecule has 92 valence electrons. The lowest BCUT2D eigenvalue weighted by Crippen LogP contribution is -2.41. The van der Waals surface area contributed by atoms with E-state index in [1.165, 1.54) is 32.1 Å². The van der Waals surface area contributed by atoms with Crippen molar-refractivity contribution in [3.8, 4) is 0 Å². The SMILES string of the molecule is COC1CNC(CNC(C2CC2)C2CC2)C1. The fraction of sp³-hybridized carbons (Fsp3) is 1.00. The summed E-state index contributed by atoms with van der Waals surface area (Å²) in [7, 11) is 1.82. The van der Waals surface area contributed by atoms with Crippen molar-refractivity contribution in [1.82, 2.24) is 10.6 Å². The van der Waals surface area contributed by atoms with E-state index in [-0.39, 0.29) is 0 Å². The molecule has 0 aromatic carbocycles. The van der Waals surface area contributed by atoms with Crippen molar-refractivity contribution in [3.05, 3.63) is 0 Å². The van der Waals surface area contributed by atoms with Gasteiger partial charge >= 0.3 is 0 Å². The van der Waals surface area contributed by atoms with Gasteiger partial charge in [0, 0.05) is 32.3 Å². The van der Waals surface area contributed by atoms with Crippen LogP contribution in [0.25, 0.3) is 0 Å². The summed E-state index contributed by atoms with van der Waals surface area (Å²) in [6, 6.07) is 1.47. The van der Waals surface area contributed by atoms with Gasteiger partial charge in [0.05, 0.1) is 6.10 Å². The van der Waals surface area contributed by atoms with Crippen molar-refractivity contribution >= 4 is 0 Å². The lowest BCUT2D eigenvalue weighted by atomic mass is 10.1. The highest BCUT2D eigenvalue weighted by Crippen LogP contribution is 2.44. The molecule has 2 N–H and O–H groups in total. The molecule has 1 heterocycles. The van der Waals surface area contributed by atoms with Crippen LogP contribution in [0.2, 0.25) is 0 Å². The molecule has 0 aromatic heterocycles. The third-order valence-corrected chi connectivity index (χ3v) is 4.37. The molecule has 2 atom stereocenters. The van der Waals surface area contributed by atoms with Crippen molar-refractivity contribution < 1.29 is 4.74 Å². The molecule has 1 aliphatic heterocycles. The fourth-order valence-corrected chi connectivity index (χ4v) is 3.02. The Morgan fingerprint density at radius 3 is 2.44 bits per heavy atom. The molecule has 0 radical (unpaired) electrons. The maximum atomic E-state index is 5.38. The van der Waals surface area contributed by atoms with Gasteiger partial charge in [-0.2, -0.15) is 0 Å². The third kappa shape index (κ3) is 2.58. The zero-order chi connectivity index (χ0) is 11.0. The van der Waals surface area contributed by atoms with Gasteiger partial charge in [-0.15, -0.1) is 0 Å². The largest absolute Gasteiger partial charge is 0.380 e. The lowest BCUT2D eigenvalue weighted by Gasteiger charge is -2.20. The first kappa shape index (κ1) is 11.0. The van der Waals surface area contributed by atoms with Crippen LogP contribution in [0.4, 0.5) is 0 Å². The fourth-order valence-electron chi connectivity index (χ4n) is 3.02. The van der Waals surface area contributed by atoms with Crippen molar-refractivity contribution in [2.75, 3.05) is 20.2 Å². The molecule has 0 amide bonds. The van der Waals surface area contributed by atoms with Gasteiger partial charge in [0.1, 0.15) is 0 Å².